The monoisotopic (exact) mass is 301 g/mol. The topological polar surface area (TPSA) is 30.5 Å². The fourth-order valence-electron chi connectivity index (χ4n) is 2.35. The van der Waals surface area contributed by atoms with Crippen LogP contribution >= 0.6 is 11.8 Å². The van der Waals surface area contributed by atoms with Crippen molar-refractivity contribution < 1.29 is 9.47 Å². The highest BCUT2D eigenvalue weighted by atomic mass is 32.2. The predicted molar refractivity (Wildman–Crippen MR) is 85.5 cm³/mol. The summed E-state index contributed by atoms with van der Waals surface area (Å²) in [6.45, 7) is 4.24. The van der Waals surface area contributed by atoms with Crippen LogP contribution in [0, 0.1) is 6.92 Å². The zero-order valence-corrected chi connectivity index (χ0v) is 13.1. The molecule has 3 nitrogen and oxygen atoms in total. The number of benzene rings is 2. The Kier molecular flexibility index (Phi) is 4.36. The van der Waals surface area contributed by atoms with Gasteiger partial charge in [0.15, 0.2) is 11.5 Å². The molecule has 0 radical (unpaired) electrons. The first kappa shape index (κ1) is 14.3. The van der Waals surface area contributed by atoms with Gasteiger partial charge in [0.25, 0.3) is 0 Å². The molecule has 0 aromatic heterocycles. The van der Waals surface area contributed by atoms with Gasteiger partial charge < -0.3 is 14.8 Å². The predicted octanol–water partition coefficient (Wildman–Crippen LogP) is 3.64. The summed E-state index contributed by atoms with van der Waals surface area (Å²) >= 11 is 1.76. The largest absolute Gasteiger partial charge is 0.486 e. The van der Waals surface area contributed by atoms with E-state index in [1.807, 2.05) is 13.1 Å². The van der Waals surface area contributed by atoms with E-state index in [0.29, 0.717) is 13.2 Å². The zero-order valence-electron chi connectivity index (χ0n) is 12.3. The molecule has 0 unspecified atom stereocenters. The first-order chi connectivity index (χ1) is 10.3. The molecule has 4 heteroatoms. The van der Waals surface area contributed by atoms with Crippen molar-refractivity contribution in [3.63, 3.8) is 0 Å². The second-order valence-corrected chi connectivity index (χ2v) is 6.16. The van der Waals surface area contributed by atoms with Gasteiger partial charge in [-0.05, 0) is 43.8 Å². The lowest BCUT2D eigenvalue weighted by Crippen LogP contribution is -2.15. The van der Waals surface area contributed by atoms with Gasteiger partial charge in [0.1, 0.15) is 13.2 Å². The highest BCUT2D eigenvalue weighted by Crippen LogP contribution is 2.38. The van der Waals surface area contributed by atoms with Crippen molar-refractivity contribution in [1.29, 1.82) is 0 Å². The van der Waals surface area contributed by atoms with Crippen molar-refractivity contribution in [1.82, 2.24) is 5.32 Å². The van der Waals surface area contributed by atoms with Gasteiger partial charge in [-0.1, -0.05) is 29.5 Å². The Labute approximate surface area is 129 Å². The molecule has 1 aliphatic heterocycles. The molecule has 3 rings (SSSR count). The number of hydrogen-bond acceptors (Lipinski definition) is 4. The number of aryl methyl sites for hydroxylation is 1. The maximum absolute atomic E-state index is 5.65. The van der Waals surface area contributed by atoms with Crippen molar-refractivity contribution in [2.75, 3.05) is 20.3 Å². The van der Waals surface area contributed by atoms with E-state index in [-0.39, 0.29) is 0 Å². The highest BCUT2D eigenvalue weighted by Gasteiger charge is 2.13. The molecule has 0 saturated carbocycles. The Morgan fingerprint density at radius 2 is 1.86 bits per heavy atom. The molecule has 0 fully saturated rings. The van der Waals surface area contributed by atoms with Crippen LogP contribution in [-0.2, 0) is 6.54 Å². The normalized spacial score (nSPS) is 13.2. The van der Waals surface area contributed by atoms with Gasteiger partial charge in [-0.2, -0.15) is 0 Å². The number of nitrogens with one attached hydrogen (secondary N) is 1. The maximum Gasteiger partial charge on any atom is 0.162 e. The Morgan fingerprint density at radius 1 is 1.05 bits per heavy atom. The Hall–Kier alpha value is -1.65. The van der Waals surface area contributed by atoms with E-state index in [9.17, 15) is 0 Å². The second kappa shape index (κ2) is 6.41. The summed E-state index contributed by atoms with van der Waals surface area (Å²) in [5, 5.41) is 3.23. The Bertz CT molecular complexity index is 643. The average Bonchev–Trinajstić information content (AvgIpc) is 2.50. The first-order valence-corrected chi connectivity index (χ1v) is 7.89. The van der Waals surface area contributed by atoms with E-state index in [1.54, 1.807) is 11.8 Å². The van der Waals surface area contributed by atoms with Gasteiger partial charge in [-0.25, -0.2) is 0 Å². The van der Waals surface area contributed by atoms with Crippen molar-refractivity contribution in [2.24, 2.45) is 0 Å². The van der Waals surface area contributed by atoms with E-state index in [2.05, 4.69) is 42.6 Å². The highest BCUT2D eigenvalue weighted by molar-refractivity contribution is 7.99. The van der Waals surface area contributed by atoms with E-state index in [4.69, 9.17) is 9.47 Å². The van der Waals surface area contributed by atoms with Crippen LogP contribution in [0.2, 0.25) is 0 Å². The third-order valence-corrected chi connectivity index (χ3v) is 4.43. The minimum absolute atomic E-state index is 0.622. The molecule has 0 saturated heterocycles. The summed E-state index contributed by atoms with van der Waals surface area (Å²) in [5.41, 5.74) is 2.60. The minimum atomic E-state index is 0.622. The second-order valence-electron chi connectivity index (χ2n) is 5.05. The molecule has 110 valence electrons. The summed E-state index contributed by atoms with van der Waals surface area (Å²) in [6, 6.07) is 12.7. The van der Waals surface area contributed by atoms with Gasteiger partial charge in [-0.15, -0.1) is 0 Å². The quantitative estimate of drug-likeness (QED) is 0.934. The molecule has 1 heterocycles. The SMILES string of the molecule is CNCc1cc(C)ccc1Sc1ccc2c(c1)OCCO2. The molecular weight excluding hydrogens is 282 g/mol. The van der Waals surface area contributed by atoms with Gasteiger partial charge >= 0.3 is 0 Å². The van der Waals surface area contributed by atoms with Crippen molar-refractivity contribution >= 4 is 11.8 Å². The summed E-state index contributed by atoms with van der Waals surface area (Å²) in [6.07, 6.45) is 0. The summed E-state index contributed by atoms with van der Waals surface area (Å²) < 4.78 is 11.2. The van der Waals surface area contributed by atoms with Crippen LogP contribution in [0.4, 0.5) is 0 Å². The van der Waals surface area contributed by atoms with E-state index >= 15 is 0 Å². The van der Waals surface area contributed by atoms with Crippen molar-refractivity contribution in [2.45, 2.75) is 23.3 Å². The van der Waals surface area contributed by atoms with Crippen LogP contribution in [0.5, 0.6) is 11.5 Å². The van der Waals surface area contributed by atoms with Gasteiger partial charge in [0, 0.05) is 16.3 Å². The van der Waals surface area contributed by atoms with Gasteiger partial charge in [0.2, 0.25) is 0 Å². The summed E-state index contributed by atoms with van der Waals surface area (Å²) in [7, 11) is 1.97. The van der Waals surface area contributed by atoms with Crippen LogP contribution in [0.15, 0.2) is 46.2 Å². The molecule has 0 bridgehead atoms. The number of hydrogen-bond donors (Lipinski definition) is 1. The van der Waals surface area contributed by atoms with Crippen molar-refractivity contribution in [3.8, 4) is 11.5 Å². The van der Waals surface area contributed by atoms with E-state index in [0.717, 1.165) is 18.0 Å². The number of ether oxygens (including phenoxy) is 2. The molecule has 1 N–H and O–H groups in total. The maximum atomic E-state index is 5.65. The molecular formula is C17H19NO2S. The molecule has 0 atom stereocenters. The van der Waals surface area contributed by atoms with E-state index in [1.165, 1.54) is 20.9 Å². The van der Waals surface area contributed by atoms with E-state index < -0.39 is 0 Å². The van der Waals surface area contributed by atoms with Crippen LogP contribution in [0.1, 0.15) is 11.1 Å². The average molecular weight is 301 g/mol. The lowest BCUT2D eigenvalue weighted by molar-refractivity contribution is 0.171. The van der Waals surface area contributed by atoms with Gasteiger partial charge in [0.05, 0.1) is 0 Å². The molecule has 2 aromatic carbocycles. The summed E-state index contributed by atoms with van der Waals surface area (Å²) in [4.78, 5) is 2.44. The zero-order chi connectivity index (χ0) is 14.7. The lowest BCUT2D eigenvalue weighted by atomic mass is 10.1. The number of fused-ring (bicyclic) bond motifs is 1. The standard InChI is InChI=1S/C17H19NO2S/c1-12-3-6-17(13(9-12)11-18-2)21-14-4-5-15-16(10-14)20-8-7-19-15/h3-6,9-10,18H,7-8,11H2,1-2H3. The first-order valence-electron chi connectivity index (χ1n) is 7.08. The molecule has 21 heavy (non-hydrogen) atoms. The fourth-order valence-corrected chi connectivity index (χ4v) is 3.30. The smallest absolute Gasteiger partial charge is 0.162 e. The van der Waals surface area contributed by atoms with Crippen LogP contribution in [-0.4, -0.2) is 20.3 Å². The van der Waals surface area contributed by atoms with Crippen LogP contribution < -0.4 is 14.8 Å². The molecule has 0 aliphatic carbocycles. The fraction of sp³-hybridized carbons (Fsp3) is 0.294. The van der Waals surface area contributed by atoms with Crippen LogP contribution in [0.3, 0.4) is 0 Å². The summed E-state index contributed by atoms with van der Waals surface area (Å²) in [5.74, 6) is 1.68. The molecule has 0 spiro atoms. The van der Waals surface area contributed by atoms with Crippen molar-refractivity contribution in [3.05, 3.63) is 47.5 Å². The Morgan fingerprint density at radius 3 is 2.67 bits per heavy atom. The van der Waals surface area contributed by atoms with Gasteiger partial charge in [-0.3, -0.25) is 0 Å². The third-order valence-electron chi connectivity index (χ3n) is 3.32. The minimum Gasteiger partial charge on any atom is -0.486 e. The van der Waals surface area contributed by atoms with Crippen LogP contribution in [0.25, 0.3) is 0 Å². The Balaban J connectivity index is 1.86. The third kappa shape index (κ3) is 3.34. The molecule has 2 aromatic rings. The molecule has 1 aliphatic rings. The number of rotatable bonds is 4. The lowest BCUT2D eigenvalue weighted by Gasteiger charge is -2.19. The molecule has 0 amide bonds.